The van der Waals surface area contributed by atoms with E-state index in [-0.39, 0.29) is 0 Å². The van der Waals surface area contributed by atoms with E-state index in [1.807, 2.05) is 0 Å². The Morgan fingerprint density at radius 1 is 1.45 bits per heavy atom. The maximum absolute atomic E-state index is 12.2. The van der Waals surface area contributed by atoms with Gasteiger partial charge in [-0.15, -0.1) is 13.2 Å². The molecule has 13 heteroatoms. The zero-order valence-electron chi connectivity index (χ0n) is 9.34. The molecule has 8 nitrogen and oxygen atoms in total. The van der Waals surface area contributed by atoms with Gasteiger partial charge in [0.05, 0.1) is 18.2 Å². The number of halogens is 4. The largest absolute Gasteiger partial charge is 0.573 e. The molecule has 1 heterocycles. The first-order valence-electron chi connectivity index (χ1n) is 4.39. The highest BCUT2D eigenvalue weighted by atomic mass is 35.7. The second-order valence-corrected chi connectivity index (χ2v) is 5.59. The summed E-state index contributed by atoms with van der Waals surface area (Å²) < 4.78 is 66.7. The fourth-order valence-electron chi connectivity index (χ4n) is 1.15. The van der Waals surface area contributed by atoms with Crippen LogP contribution in [0.4, 0.5) is 18.9 Å². The molecule has 0 aliphatic heterocycles. The molecule has 0 aliphatic carbocycles. The van der Waals surface area contributed by atoms with Crippen molar-refractivity contribution in [2.24, 2.45) is 0 Å². The summed E-state index contributed by atoms with van der Waals surface area (Å²) in [6.45, 7) is 0. The van der Waals surface area contributed by atoms with Gasteiger partial charge in [0.25, 0.3) is 20.7 Å². The summed E-state index contributed by atoms with van der Waals surface area (Å²) in [4.78, 5) is 11.3. The second kappa shape index (κ2) is 5.28. The maximum atomic E-state index is 12.2. The van der Waals surface area contributed by atoms with Gasteiger partial charge < -0.3 is 9.47 Å². The normalized spacial score (nSPS) is 12.1. The van der Waals surface area contributed by atoms with E-state index in [0.717, 1.165) is 7.11 Å². The van der Waals surface area contributed by atoms with Gasteiger partial charge in [0.1, 0.15) is 0 Å². The Bertz CT molecular complexity index is 647. The number of pyridine rings is 1. The van der Waals surface area contributed by atoms with Crippen molar-refractivity contribution in [2.45, 2.75) is 11.3 Å². The van der Waals surface area contributed by atoms with Crippen LogP contribution in [0.2, 0.25) is 0 Å². The second-order valence-electron chi connectivity index (χ2n) is 3.05. The van der Waals surface area contributed by atoms with Crippen molar-refractivity contribution >= 4 is 25.4 Å². The highest BCUT2D eigenvalue weighted by Gasteiger charge is 2.40. The number of nitrogens with zero attached hydrogens (tertiary/aromatic N) is 2. The highest BCUT2D eigenvalue weighted by molar-refractivity contribution is 8.13. The van der Waals surface area contributed by atoms with E-state index in [4.69, 9.17) is 10.7 Å². The van der Waals surface area contributed by atoms with Gasteiger partial charge in [-0.3, -0.25) is 10.1 Å². The van der Waals surface area contributed by atoms with Gasteiger partial charge >= 0.3 is 12.0 Å². The molecule has 0 aliphatic rings. The van der Waals surface area contributed by atoms with Gasteiger partial charge in [-0.2, -0.15) is 0 Å². The maximum Gasteiger partial charge on any atom is 0.573 e. The summed E-state index contributed by atoms with van der Waals surface area (Å²) in [5, 5.41) is 10.8. The first-order chi connectivity index (χ1) is 8.97. The molecule has 1 rings (SSSR count). The van der Waals surface area contributed by atoms with Gasteiger partial charge in [0.15, 0.2) is 4.90 Å². The number of rotatable bonds is 4. The Balaban J connectivity index is 3.71. The van der Waals surface area contributed by atoms with Gasteiger partial charge in [-0.1, -0.05) is 0 Å². The Morgan fingerprint density at radius 2 is 2.00 bits per heavy atom. The first-order valence-corrected chi connectivity index (χ1v) is 6.70. The molecule has 1 aromatic heterocycles. The molecule has 0 saturated heterocycles. The zero-order valence-corrected chi connectivity index (χ0v) is 10.9. The van der Waals surface area contributed by atoms with Crippen LogP contribution < -0.4 is 9.47 Å². The Kier molecular flexibility index (Phi) is 4.29. The third-order valence-corrected chi connectivity index (χ3v) is 3.12. The Morgan fingerprint density at radius 3 is 2.35 bits per heavy atom. The summed E-state index contributed by atoms with van der Waals surface area (Å²) >= 11 is 0. The minimum absolute atomic E-state index is 0.391. The average Bonchev–Trinajstić information content (AvgIpc) is 2.24. The summed E-state index contributed by atoms with van der Waals surface area (Å²) in [5.41, 5.74) is -1.52. The molecule has 112 valence electrons. The number of aromatic nitrogens is 1. The van der Waals surface area contributed by atoms with Crippen molar-refractivity contribution in [3.63, 3.8) is 0 Å². The number of methoxy groups -OCH3 is 1. The Labute approximate surface area is 113 Å². The third-order valence-electron chi connectivity index (χ3n) is 1.80. The van der Waals surface area contributed by atoms with E-state index in [0.29, 0.717) is 6.20 Å². The molecular formula is C7H4ClF3N2O6S. The quantitative estimate of drug-likeness (QED) is 0.468. The molecule has 0 atom stereocenters. The molecule has 0 bridgehead atoms. The van der Waals surface area contributed by atoms with Crippen molar-refractivity contribution in [3.05, 3.63) is 16.3 Å². The molecule has 20 heavy (non-hydrogen) atoms. The highest BCUT2D eigenvalue weighted by Crippen LogP contribution is 2.43. The van der Waals surface area contributed by atoms with Gasteiger partial charge in [0.2, 0.25) is 0 Å². The van der Waals surface area contributed by atoms with Crippen LogP contribution in [0, 0.1) is 10.1 Å². The molecule has 0 saturated carbocycles. The van der Waals surface area contributed by atoms with Crippen LogP contribution in [0.5, 0.6) is 11.6 Å². The van der Waals surface area contributed by atoms with Crippen LogP contribution in [0.3, 0.4) is 0 Å². The standard InChI is InChI=1S/C7H4ClF3N2O6S/c1-18-6-5(19-7(9,10)11)4(13(14)15)3(2-12-6)20(8,16)17/h2H,1H3. The first kappa shape index (κ1) is 16.2. The molecule has 0 unspecified atom stereocenters. The van der Waals surface area contributed by atoms with E-state index in [1.165, 1.54) is 0 Å². The molecular weight excluding hydrogens is 333 g/mol. The van der Waals surface area contributed by atoms with Crippen molar-refractivity contribution in [1.29, 1.82) is 0 Å². The lowest BCUT2D eigenvalue weighted by Crippen LogP contribution is -2.19. The minimum Gasteiger partial charge on any atom is -0.478 e. The SMILES string of the molecule is COc1ncc(S(=O)(=O)Cl)c([N+](=O)[O-])c1OC(F)(F)F. The summed E-state index contributed by atoms with van der Waals surface area (Å²) in [7, 11) is 1.05. The third kappa shape index (κ3) is 3.60. The van der Waals surface area contributed by atoms with E-state index in [2.05, 4.69) is 14.5 Å². The number of hydrogen-bond acceptors (Lipinski definition) is 7. The molecule has 0 aromatic carbocycles. The predicted octanol–water partition coefficient (Wildman–Crippen LogP) is 1.82. The Hall–Kier alpha value is -1.82. The number of hydrogen-bond donors (Lipinski definition) is 0. The van der Waals surface area contributed by atoms with Crippen LogP contribution in [-0.4, -0.2) is 31.8 Å². The van der Waals surface area contributed by atoms with Crippen LogP contribution in [0.25, 0.3) is 0 Å². The molecule has 0 radical (unpaired) electrons. The molecule has 0 N–H and O–H groups in total. The number of nitro groups is 1. The lowest BCUT2D eigenvalue weighted by atomic mass is 10.3. The van der Waals surface area contributed by atoms with Gasteiger partial charge in [-0.25, -0.2) is 13.4 Å². The number of ether oxygens (including phenoxy) is 2. The monoisotopic (exact) mass is 336 g/mol. The molecule has 0 amide bonds. The minimum atomic E-state index is -5.32. The van der Waals surface area contributed by atoms with Gasteiger partial charge in [-0.05, 0) is 0 Å². The average molecular weight is 337 g/mol. The van der Waals surface area contributed by atoms with E-state index in [1.54, 1.807) is 0 Å². The smallest absolute Gasteiger partial charge is 0.478 e. The fourth-order valence-corrected chi connectivity index (χ4v) is 2.07. The molecule has 1 aromatic rings. The van der Waals surface area contributed by atoms with Crippen molar-refractivity contribution in [3.8, 4) is 11.6 Å². The van der Waals surface area contributed by atoms with Crippen molar-refractivity contribution in [1.82, 2.24) is 4.98 Å². The lowest BCUT2D eigenvalue weighted by molar-refractivity contribution is -0.391. The van der Waals surface area contributed by atoms with Crippen LogP contribution in [0.15, 0.2) is 11.1 Å². The lowest BCUT2D eigenvalue weighted by Gasteiger charge is -2.12. The fraction of sp³-hybridized carbons (Fsp3) is 0.286. The number of alkyl halides is 3. The van der Waals surface area contributed by atoms with Crippen molar-refractivity contribution in [2.75, 3.05) is 7.11 Å². The van der Waals surface area contributed by atoms with Crippen LogP contribution in [-0.2, 0) is 9.05 Å². The summed E-state index contributed by atoms with van der Waals surface area (Å²) in [5.74, 6) is -2.43. The predicted molar refractivity (Wildman–Crippen MR) is 57.2 cm³/mol. The summed E-state index contributed by atoms with van der Waals surface area (Å²) in [6.07, 6.45) is -4.93. The van der Waals surface area contributed by atoms with Gasteiger partial charge in [0, 0.05) is 10.7 Å². The van der Waals surface area contributed by atoms with E-state index < -0.39 is 42.5 Å². The van der Waals surface area contributed by atoms with E-state index in [9.17, 15) is 31.7 Å². The molecule has 0 spiro atoms. The topological polar surface area (TPSA) is 109 Å². The van der Waals surface area contributed by atoms with Crippen LogP contribution in [0.1, 0.15) is 0 Å². The van der Waals surface area contributed by atoms with E-state index >= 15 is 0 Å². The summed E-state index contributed by atoms with van der Waals surface area (Å²) in [6, 6.07) is 0. The van der Waals surface area contributed by atoms with Crippen molar-refractivity contribution < 1.29 is 36.0 Å². The molecule has 0 fully saturated rings. The van der Waals surface area contributed by atoms with Crippen LogP contribution >= 0.6 is 10.7 Å². The zero-order chi connectivity index (χ0) is 15.7.